The predicted octanol–water partition coefficient (Wildman–Crippen LogP) is 3.62. The van der Waals surface area contributed by atoms with Crippen molar-refractivity contribution in [2.45, 2.75) is 13.0 Å². The van der Waals surface area contributed by atoms with Crippen LogP contribution in [0.4, 0.5) is 0 Å². The van der Waals surface area contributed by atoms with Crippen LogP contribution in [0.5, 0.6) is 5.75 Å². The van der Waals surface area contributed by atoms with E-state index in [1.165, 1.54) is 0 Å². The molecule has 8 heteroatoms. The minimum Gasteiger partial charge on any atom is -0.480 e. The second-order valence-electron chi connectivity index (χ2n) is 6.64. The highest BCUT2D eigenvalue weighted by Crippen LogP contribution is 2.22. The van der Waals surface area contributed by atoms with Gasteiger partial charge in [0.05, 0.1) is 5.56 Å². The van der Waals surface area contributed by atoms with E-state index in [4.69, 9.17) is 33.2 Å². The molecule has 0 unspecified atom stereocenters. The second-order valence-corrected chi connectivity index (χ2v) is 7.52. The predicted molar refractivity (Wildman–Crippen MR) is 110 cm³/mol. The summed E-state index contributed by atoms with van der Waals surface area (Å²) in [6.45, 7) is 3.24. The standard InChI is InChI=1S/C21H19Cl2N3O3/c1-14(29-19-5-3-2-4-15(19)13-24)20(27)25-6-8-26(9-7-25)21(28)16-10-17(22)12-18(23)11-16/h2-5,10-12,14H,6-9H2,1H3/t14-/m0/s1. The number of carbonyl (C=O) groups is 2. The Morgan fingerprint density at radius 2 is 1.62 bits per heavy atom. The van der Waals surface area contributed by atoms with Crippen LogP contribution in [0.15, 0.2) is 42.5 Å². The fourth-order valence-electron chi connectivity index (χ4n) is 3.15. The van der Waals surface area contributed by atoms with Gasteiger partial charge in [0, 0.05) is 41.8 Å². The zero-order valence-corrected chi connectivity index (χ0v) is 17.3. The fraction of sp³-hybridized carbons (Fsp3) is 0.286. The molecule has 150 valence electrons. The third kappa shape index (κ3) is 5.00. The summed E-state index contributed by atoms with van der Waals surface area (Å²) < 4.78 is 5.70. The molecular formula is C21H19Cl2N3O3. The van der Waals surface area contributed by atoms with E-state index in [9.17, 15) is 9.59 Å². The summed E-state index contributed by atoms with van der Waals surface area (Å²) in [5.74, 6) is 0.0203. The molecule has 0 radical (unpaired) electrons. The average Bonchev–Trinajstić information content (AvgIpc) is 2.72. The molecule has 0 aliphatic carbocycles. The van der Waals surface area contributed by atoms with Gasteiger partial charge in [0.2, 0.25) is 0 Å². The highest BCUT2D eigenvalue weighted by molar-refractivity contribution is 6.35. The SMILES string of the molecule is C[C@H](Oc1ccccc1C#N)C(=O)N1CCN(C(=O)c2cc(Cl)cc(Cl)c2)CC1. The summed E-state index contributed by atoms with van der Waals surface area (Å²) in [5.41, 5.74) is 0.801. The van der Waals surface area contributed by atoms with Gasteiger partial charge in [-0.05, 0) is 37.3 Å². The Kier molecular flexibility index (Phi) is 6.63. The Labute approximate surface area is 179 Å². The summed E-state index contributed by atoms with van der Waals surface area (Å²) in [7, 11) is 0. The maximum Gasteiger partial charge on any atom is 0.263 e. The molecule has 0 bridgehead atoms. The van der Waals surface area contributed by atoms with Crippen LogP contribution in [0, 0.1) is 11.3 Å². The molecule has 1 fully saturated rings. The number of rotatable bonds is 4. The highest BCUT2D eigenvalue weighted by Gasteiger charge is 2.28. The van der Waals surface area contributed by atoms with Crippen LogP contribution in [-0.4, -0.2) is 53.9 Å². The number of benzene rings is 2. The van der Waals surface area contributed by atoms with Crippen LogP contribution in [0.1, 0.15) is 22.8 Å². The third-order valence-electron chi connectivity index (χ3n) is 4.65. The largest absolute Gasteiger partial charge is 0.480 e. The molecule has 0 saturated carbocycles. The van der Waals surface area contributed by atoms with E-state index in [0.717, 1.165) is 0 Å². The molecule has 0 spiro atoms. The van der Waals surface area contributed by atoms with Crippen LogP contribution in [0.25, 0.3) is 0 Å². The molecule has 1 atom stereocenters. The first kappa shape index (κ1) is 21.0. The lowest BCUT2D eigenvalue weighted by Gasteiger charge is -2.36. The zero-order valence-electron chi connectivity index (χ0n) is 15.8. The van der Waals surface area contributed by atoms with Gasteiger partial charge >= 0.3 is 0 Å². The number of hydrogen-bond acceptors (Lipinski definition) is 4. The number of halogens is 2. The van der Waals surface area contributed by atoms with Crippen molar-refractivity contribution in [3.8, 4) is 11.8 Å². The van der Waals surface area contributed by atoms with E-state index >= 15 is 0 Å². The highest BCUT2D eigenvalue weighted by atomic mass is 35.5. The van der Waals surface area contributed by atoms with E-state index in [2.05, 4.69) is 0 Å². The summed E-state index contributed by atoms with van der Waals surface area (Å²) in [4.78, 5) is 28.7. The maximum absolute atomic E-state index is 12.7. The minimum absolute atomic E-state index is 0.172. The first-order valence-electron chi connectivity index (χ1n) is 9.09. The van der Waals surface area contributed by atoms with Gasteiger partial charge in [0.15, 0.2) is 6.10 Å². The molecule has 3 rings (SSSR count). The average molecular weight is 432 g/mol. The van der Waals surface area contributed by atoms with Crippen LogP contribution < -0.4 is 4.74 Å². The monoisotopic (exact) mass is 431 g/mol. The van der Waals surface area contributed by atoms with E-state index in [1.807, 2.05) is 6.07 Å². The van der Waals surface area contributed by atoms with Gasteiger partial charge in [-0.25, -0.2) is 0 Å². The van der Waals surface area contributed by atoms with Crippen LogP contribution >= 0.6 is 23.2 Å². The quantitative estimate of drug-likeness (QED) is 0.740. The van der Waals surface area contributed by atoms with E-state index < -0.39 is 6.10 Å². The maximum atomic E-state index is 12.7. The Morgan fingerprint density at radius 3 is 2.24 bits per heavy atom. The molecule has 1 saturated heterocycles. The van der Waals surface area contributed by atoms with Crippen molar-refractivity contribution in [3.05, 3.63) is 63.6 Å². The van der Waals surface area contributed by atoms with Crippen molar-refractivity contribution >= 4 is 35.0 Å². The summed E-state index contributed by atoms with van der Waals surface area (Å²) in [6.07, 6.45) is -0.738. The fourth-order valence-corrected chi connectivity index (χ4v) is 3.68. The van der Waals surface area contributed by atoms with Crippen molar-refractivity contribution in [2.24, 2.45) is 0 Å². The van der Waals surface area contributed by atoms with E-state index in [1.54, 1.807) is 59.2 Å². The van der Waals surface area contributed by atoms with Crippen molar-refractivity contribution in [3.63, 3.8) is 0 Å². The van der Waals surface area contributed by atoms with Crippen molar-refractivity contribution in [2.75, 3.05) is 26.2 Å². The lowest BCUT2D eigenvalue weighted by molar-refractivity contribution is -0.139. The Balaban J connectivity index is 1.59. The first-order valence-corrected chi connectivity index (χ1v) is 9.84. The summed E-state index contributed by atoms with van der Waals surface area (Å²) >= 11 is 12.0. The minimum atomic E-state index is -0.738. The smallest absolute Gasteiger partial charge is 0.263 e. The molecule has 1 aliphatic heterocycles. The van der Waals surface area contributed by atoms with Gasteiger partial charge in [-0.2, -0.15) is 5.26 Å². The molecule has 0 aromatic heterocycles. The van der Waals surface area contributed by atoms with Gasteiger partial charge in [-0.3, -0.25) is 9.59 Å². The molecule has 0 N–H and O–H groups in total. The summed E-state index contributed by atoms with van der Waals surface area (Å²) in [6, 6.07) is 13.6. The van der Waals surface area contributed by atoms with E-state index in [0.29, 0.717) is 53.1 Å². The number of piperazine rings is 1. The summed E-state index contributed by atoms with van der Waals surface area (Å²) in [5, 5.41) is 9.95. The lowest BCUT2D eigenvalue weighted by atomic mass is 10.1. The van der Waals surface area contributed by atoms with Crippen LogP contribution in [0.3, 0.4) is 0 Å². The van der Waals surface area contributed by atoms with Gasteiger partial charge < -0.3 is 14.5 Å². The number of para-hydroxylation sites is 1. The third-order valence-corrected chi connectivity index (χ3v) is 5.08. The molecule has 6 nitrogen and oxygen atoms in total. The second kappa shape index (κ2) is 9.17. The van der Waals surface area contributed by atoms with Gasteiger partial charge in [0.1, 0.15) is 11.8 Å². The normalized spacial score (nSPS) is 14.8. The molecule has 1 aliphatic rings. The zero-order chi connectivity index (χ0) is 21.0. The van der Waals surface area contributed by atoms with Gasteiger partial charge in [0.25, 0.3) is 11.8 Å². The van der Waals surface area contributed by atoms with Crippen molar-refractivity contribution in [1.29, 1.82) is 5.26 Å². The molecular weight excluding hydrogens is 413 g/mol. The number of carbonyl (C=O) groups excluding carboxylic acids is 2. The Hall–Kier alpha value is -2.75. The van der Waals surface area contributed by atoms with Crippen LogP contribution in [-0.2, 0) is 4.79 Å². The van der Waals surface area contributed by atoms with Crippen molar-refractivity contribution in [1.82, 2.24) is 9.80 Å². The first-order chi connectivity index (χ1) is 13.9. The van der Waals surface area contributed by atoms with Gasteiger partial charge in [-0.15, -0.1) is 0 Å². The number of nitrogens with zero attached hydrogens (tertiary/aromatic N) is 3. The number of amides is 2. The molecule has 2 aromatic carbocycles. The number of ether oxygens (including phenoxy) is 1. The molecule has 2 amide bonds. The number of nitriles is 1. The topological polar surface area (TPSA) is 73.6 Å². The number of hydrogen-bond donors (Lipinski definition) is 0. The van der Waals surface area contributed by atoms with E-state index in [-0.39, 0.29) is 11.8 Å². The Morgan fingerprint density at radius 1 is 1.03 bits per heavy atom. The lowest BCUT2D eigenvalue weighted by Crippen LogP contribution is -2.53. The molecule has 29 heavy (non-hydrogen) atoms. The van der Waals surface area contributed by atoms with Gasteiger partial charge in [-0.1, -0.05) is 35.3 Å². The van der Waals surface area contributed by atoms with Crippen molar-refractivity contribution < 1.29 is 14.3 Å². The van der Waals surface area contributed by atoms with Crippen LogP contribution in [0.2, 0.25) is 10.0 Å². The molecule has 2 aromatic rings. The Bertz CT molecular complexity index is 946. The molecule has 1 heterocycles.